The number of aryl methyl sites for hydroxylation is 1. The molecular formula is C25H30N4OS. The molecule has 0 saturated heterocycles. The van der Waals surface area contributed by atoms with E-state index in [1.165, 1.54) is 17.5 Å². The number of aromatic nitrogens is 3. The number of carbonyl (C=O) groups excluding carboxylic acids is 1. The van der Waals surface area contributed by atoms with Crippen molar-refractivity contribution >= 4 is 17.7 Å². The molecule has 0 unspecified atom stereocenters. The average molecular weight is 435 g/mol. The van der Waals surface area contributed by atoms with Crippen LogP contribution in [0.25, 0.3) is 0 Å². The van der Waals surface area contributed by atoms with E-state index in [4.69, 9.17) is 0 Å². The molecule has 0 spiro atoms. The van der Waals surface area contributed by atoms with Crippen molar-refractivity contribution in [1.82, 2.24) is 20.1 Å². The van der Waals surface area contributed by atoms with Crippen LogP contribution >= 0.6 is 11.8 Å². The summed E-state index contributed by atoms with van der Waals surface area (Å²) in [5.74, 6) is 1.73. The predicted octanol–water partition coefficient (Wildman–Crippen LogP) is 4.93. The SMILES string of the molecule is Cc1ccc(C2(C(=O)NCc3nnc(SCc4ccccc4)n3C)CCCCC2)cc1. The number of rotatable bonds is 7. The van der Waals surface area contributed by atoms with Gasteiger partial charge in [-0.3, -0.25) is 4.79 Å². The summed E-state index contributed by atoms with van der Waals surface area (Å²) >= 11 is 1.66. The number of amides is 1. The minimum atomic E-state index is -0.435. The Labute approximate surface area is 188 Å². The summed E-state index contributed by atoms with van der Waals surface area (Å²) in [6.45, 7) is 2.47. The standard InChI is InChI=1S/C25H30N4OS/c1-19-11-13-21(14-12-19)25(15-7-4-8-16-25)23(30)26-17-22-27-28-24(29(22)2)31-18-20-9-5-3-6-10-20/h3,5-6,9-14H,4,7-8,15-18H2,1-2H3,(H,26,30). The average Bonchev–Trinajstić information content (AvgIpc) is 3.17. The Kier molecular flexibility index (Phi) is 6.76. The highest BCUT2D eigenvalue weighted by molar-refractivity contribution is 7.98. The largest absolute Gasteiger partial charge is 0.348 e. The van der Waals surface area contributed by atoms with Crippen LogP contribution in [0.15, 0.2) is 59.8 Å². The third-order valence-electron chi connectivity index (χ3n) is 6.29. The van der Waals surface area contributed by atoms with Gasteiger partial charge in [0.2, 0.25) is 5.91 Å². The third-order valence-corrected chi connectivity index (χ3v) is 7.38. The summed E-state index contributed by atoms with van der Waals surface area (Å²) < 4.78 is 1.98. The van der Waals surface area contributed by atoms with Crippen LogP contribution in [0.5, 0.6) is 0 Å². The maximum Gasteiger partial charge on any atom is 0.231 e. The molecule has 6 heteroatoms. The van der Waals surface area contributed by atoms with Crippen molar-refractivity contribution in [2.24, 2.45) is 7.05 Å². The summed E-state index contributed by atoms with van der Waals surface area (Å²) in [6.07, 6.45) is 5.18. The molecule has 1 fully saturated rings. The molecule has 1 saturated carbocycles. The zero-order valence-electron chi connectivity index (χ0n) is 18.3. The zero-order valence-corrected chi connectivity index (χ0v) is 19.1. The van der Waals surface area contributed by atoms with Gasteiger partial charge < -0.3 is 9.88 Å². The highest BCUT2D eigenvalue weighted by Gasteiger charge is 2.41. The molecule has 1 amide bonds. The van der Waals surface area contributed by atoms with Crippen LogP contribution in [0.1, 0.15) is 54.6 Å². The van der Waals surface area contributed by atoms with E-state index >= 15 is 0 Å². The fourth-order valence-electron chi connectivity index (χ4n) is 4.35. The van der Waals surface area contributed by atoms with E-state index in [-0.39, 0.29) is 5.91 Å². The van der Waals surface area contributed by atoms with Gasteiger partial charge in [0.05, 0.1) is 12.0 Å². The van der Waals surface area contributed by atoms with Gasteiger partial charge in [0, 0.05) is 12.8 Å². The first kappa shape index (κ1) is 21.6. The topological polar surface area (TPSA) is 59.8 Å². The molecule has 4 rings (SSSR count). The number of nitrogens with one attached hydrogen (secondary N) is 1. The lowest BCUT2D eigenvalue weighted by Gasteiger charge is -2.36. The van der Waals surface area contributed by atoms with Crippen molar-refractivity contribution in [1.29, 1.82) is 0 Å². The monoisotopic (exact) mass is 434 g/mol. The molecule has 0 atom stereocenters. The van der Waals surface area contributed by atoms with Crippen LogP contribution in [0, 0.1) is 6.92 Å². The second-order valence-corrected chi connectivity index (χ2v) is 9.37. The molecule has 0 aliphatic heterocycles. The van der Waals surface area contributed by atoms with Gasteiger partial charge in [-0.1, -0.05) is 91.2 Å². The molecule has 1 aliphatic rings. The summed E-state index contributed by atoms with van der Waals surface area (Å²) in [5, 5.41) is 12.7. The van der Waals surface area contributed by atoms with E-state index < -0.39 is 5.41 Å². The number of nitrogens with zero attached hydrogens (tertiary/aromatic N) is 3. The molecule has 162 valence electrons. The zero-order chi connectivity index (χ0) is 21.7. The lowest BCUT2D eigenvalue weighted by Crippen LogP contribution is -2.45. The number of benzene rings is 2. The molecule has 1 heterocycles. The Hall–Kier alpha value is -2.60. The normalized spacial score (nSPS) is 15.5. The van der Waals surface area contributed by atoms with Gasteiger partial charge in [-0.25, -0.2) is 0 Å². The quantitative estimate of drug-likeness (QED) is 0.536. The first-order valence-corrected chi connectivity index (χ1v) is 12.0. The van der Waals surface area contributed by atoms with Crippen molar-refractivity contribution in [2.75, 3.05) is 0 Å². The van der Waals surface area contributed by atoms with E-state index in [2.05, 4.69) is 58.8 Å². The fourth-order valence-corrected chi connectivity index (χ4v) is 5.24. The van der Waals surface area contributed by atoms with Crippen molar-refractivity contribution in [3.05, 3.63) is 77.1 Å². The van der Waals surface area contributed by atoms with Gasteiger partial charge in [0.15, 0.2) is 11.0 Å². The van der Waals surface area contributed by atoms with Gasteiger partial charge >= 0.3 is 0 Å². The number of thioether (sulfide) groups is 1. The van der Waals surface area contributed by atoms with Crippen molar-refractivity contribution in [3.63, 3.8) is 0 Å². The minimum absolute atomic E-state index is 0.109. The minimum Gasteiger partial charge on any atom is -0.348 e. The van der Waals surface area contributed by atoms with Crippen LogP contribution in [0.3, 0.4) is 0 Å². The van der Waals surface area contributed by atoms with Gasteiger partial charge in [-0.05, 0) is 30.9 Å². The third kappa shape index (κ3) is 4.85. The van der Waals surface area contributed by atoms with Crippen molar-refractivity contribution < 1.29 is 4.79 Å². The molecule has 1 N–H and O–H groups in total. The molecule has 0 radical (unpaired) electrons. The number of hydrogen-bond donors (Lipinski definition) is 1. The molecule has 3 aromatic rings. The van der Waals surface area contributed by atoms with Crippen LogP contribution < -0.4 is 5.32 Å². The highest BCUT2D eigenvalue weighted by Crippen LogP contribution is 2.40. The molecule has 31 heavy (non-hydrogen) atoms. The van der Waals surface area contributed by atoms with E-state index in [1.807, 2.05) is 29.8 Å². The highest BCUT2D eigenvalue weighted by atomic mass is 32.2. The van der Waals surface area contributed by atoms with E-state index in [0.717, 1.165) is 48.0 Å². The van der Waals surface area contributed by atoms with E-state index in [9.17, 15) is 4.79 Å². The summed E-state index contributed by atoms with van der Waals surface area (Å²) in [7, 11) is 1.96. The summed E-state index contributed by atoms with van der Waals surface area (Å²) in [5.41, 5.74) is 3.17. The van der Waals surface area contributed by atoms with Gasteiger partial charge in [-0.2, -0.15) is 0 Å². The second-order valence-electron chi connectivity index (χ2n) is 8.42. The Bertz CT molecular complexity index is 1010. The molecule has 5 nitrogen and oxygen atoms in total. The van der Waals surface area contributed by atoms with Crippen LogP contribution in [0.2, 0.25) is 0 Å². The van der Waals surface area contributed by atoms with E-state index in [0.29, 0.717) is 6.54 Å². The van der Waals surface area contributed by atoms with Crippen LogP contribution in [0.4, 0.5) is 0 Å². The fraction of sp³-hybridized carbons (Fsp3) is 0.400. The smallest absolute Gasteiger partial charge is 0.231 e. The van der Waals surface area contributed by atoms with E-state index in [1.54, 1.807) is 11.8 Å². The van der Waals surface area contributed by atoms with Gasteiger partial charge in [0.1, 0.15) is 0 Å². The molecular weight excluding hydrogens is 404 g/mol. The summed E-state index contributed by atoms with van der Waals surface area (Å²) in [6, 6.07) is 18.8. The first-order valence-electron chi connectivity index (χ1n) is 11.0. The molecule has 0 bridgehead atoms. The van der Waals surface area contributed by atoms with Crippen molar-refractivity contribution in [2.45, 2.75) is 61.9 Å². The Morgan fingerprint density at radius 2 is 1.74 bits per heavy atom. The van der Waals surface area contributed by atoms with Gasteiger partial charge in [0.25, 0.3) is 0 Å². The second kappa shape index (κ2) is 9.69. The van der Waals surface area contributed by atoms with Crippen LogP contribution in [-0.2, 0) is 29.6 Å². The Morgan fingerprint density at radius 3 is 2.45 bits per heavy atom. The number of carbonyl (C=O) groups is 1. The number of hydrogen-bond acceptors (Lipinski definition) is 4. The Balaban J connectivity index is 1.43. The maximum absolute atomic E-state index is 13.4. The van der Waals surface area contributed by atoms with Gasteiger partial charge in [-0.15, -0.1) is 10.2 Å². The first-order chi connectivity index (χ1) is 15.1. The predicted molar refractivity (Wildman–Crippen MR) is 125 cm³/mol. The Morgan fingerprint density at radius 1 is 1.03 bits per heavy atom. The molecule has 1 aromatic heterocycles. The summed E-state index contributed by atoms with van der Waals surface area (Å²) in [4.78, 5) is 13.4. The van der Waals surface area contributed by atoms with Crippen LogP contribution in [-0.4, -0.2) is 20.7 Å². The van der Waals surface area contributed by atoms with Crippen molar-refractivity contribution in [3.8, 4) is 0 Å². The molecule has 2 aromatic carbocycles. The lowest BCUT2D eigenvalue weighted by atomic mass is 9.68. The maximum atomic E-state index is 13.4. The lowest BCUT2D eigenvalue weighted by molar-refractivity contribution is -0.128. The molecule has 1 aliphatic carbocycles.